The molecule has 0 aliphatic carbocycles. The van der Waals surface area contributed by atoms with Crippen LogP contribution in [0.2, 0.25) is 0 Å². The molecule has 2 rings (SSSR count). The second kappa shape index (κ2) is 6.06. The predicted octanol–water partition coefficient (Wildman–Crippen LogP) is 1.30. The van der Waals surface area contributed by atoms with Crippen molar-refractivity contribution in [1.82, 2.24) is 9.78 Å². The number of primary sulfonamides is 1. The van der Waals surface area contributed by atoms with E-state index < -0.39 is 10.0 Å². The number of benzene rings is 1. The van der Waals surface area contributed by atoms with Crippen LogP contribution in [0, 0.1) is 0 Å². The van der Waals surface area contributed by atoms with Crippen LogP contribution in [0.1, 0.15) is 18.2 Å². The number of hydrogen-bond donors (Lipinski definition) is 2. The number of rotatable bonds is 6. The first-order valence-electron chi connectivity index (χ1n) is 6.32. The Morgan fingerprint density at radius 1 is 1.25 bits per heavy atom. The summed E-state index contributed by atoms with van der Waals surface area (Å²) in [7, 11) is -3.48. The first kappa shape index (κ1) is 14.5. The summed E-state index contributed by atoms with van der Waals surface area (Å²) in [6, 6.07) is 9.15. The SMILES string of the molecule is CCn1nccc1CNc1ccc(CS(N)(=O)=O)cc1. The molecule has 0 radical (unpaired) electrons. The van der Waals surface area contributed by atoms with Gasteiger partial charge in [-0.2, -0.15) is 5.10 Å². The Hall–Kier alpha value is -1.86. The Balaban J connectivity index is 1.97. The highest BCUT2D eigenvalue weighted by Gasteiger charge is 2.05. The van der Waals surface area contributed by atoms with Gasteiger partial charge in [-0.3, -0.25) is 4.68 Å². The van der Waals surface area contributed by atoms with Crippen molar-refractivity contribution >= 4 is 15.7 Å². The number of nitrogens with zero attached hydrogens (tertiary/aromatic N) is 2. The zero-order valence-electron chi connectivity index (χ0n) is 11.3. The van der Waals surface area contributed by atoms with Crippen molar-refractivity contribution in [3.63, 3.8) is 0 Å². The topological polar surface area (TPSA) is 90.0 Å². The van der Waals surface area contributed by atoms with E-state index in [0.29, 0.717) is 12.1 Å². The van der Waals surface area contributed by atoms with E-state index in [2.05, 4.69) is 10.4 Å². The van der Waals surface area contributed by atoms with E-state index in [1.54, 1.807) is 18.3 Å². The van der Waals surface area contributed by atoms with Gasteiger partial charge in [0.15, 0.2) is 0 Å². The van der Waals surface area contributed by atoms with Gasteiger partial charge in [0.25, 0.3) is 0 Å². The second-order valence-corrected chi connectivity index (χ2v) is 6.11. The van der Waals surface area contributed by atoms with Crippen LogP contribution in [0.25, 0.3) is 0 Å². The van der Waals surface area contributed by atoms with Crippen LogP contribution >= 0.6 is 0 Å². The molecule has 0 fully saturated rings. The average molecular weight is 294 g/mol. The number of sulfonamides is 1. The van der Waals surface area contributed by atoms with Crippen molar-refractivity contribution in [1.29, 1.82) is 0 Å². The van der Waals surface area contributed by atoms with Crippen LogP contribution in [-0.2, 0) is 28.9 Å². The van der Waals surface area contributed by atoms with Crippen molar-refractivity contribution in [3.8, 4) is 0 Å². The monoisotopic (exact) mass is 294 g/mol. The molecule has 3 N–H and O–H groups in total. The lowest BCUT2D eigenvalue weighted by Gasteiger charge is -2.08. The summed E-state index contributed by atoms with van der Waals surface area (Å²) in [4.78, 5) is 0. The van der Waals surface area contributed by atoms with Gasteiger partial charge in [-0.1, -0.05) is 12.1 Å². The highest BCUT2D eigenvalue weighted by Crippen LogP contribution is 2.12. The Morgan fingerprint density at radius 3 is 2.55 bits per heavy atom. The lowest BCUT2D eigenvalue weighted by atomic mass is 10.2. The van der Waals surface area contributed by atoms with Gasteiger partial charge in [-0.15, -0.1) is 0 Å². The van der Waals surface area contributed by atoms with Gasteiger partial charge in [0.1, 0.15) is 0 Å². The van der Waals surface area contributed by atoms with E-state index in [1.165, 1.54) is 0 Å². The molecule has 1 heterocycles. The maximum atomic E-state index is 11.0. The molecule has 0 unspecified atom stereocenters. The molecule has 6 nitrogen and oxygen atoms in total. The first-order valence-corrected chi connectivity index (χ1v) is 8.03. The van der Waals surface area contributed by atoms with Gasteiger partial charge >= 0.3 is 0 Å². The first-order chi connectivity index (χ1) is 9.48. The maximum Gasteiger partial charge on any atom is 0.213 e. The molecule has 2 aromatic rings. The van der Waals surface area contributed by atoms with Crippen molar-refractivity contribution in [3.05, 3.63) is 47.8 Å². The Bertz CT molecular complexity index is 662. The predicted molar refractivity (Wildman–Crippen MR) is 78.5 cm³/mol. The minimum Gasteiger partial charge on any atom is -0.379 e. The fourth-order valence-corrected chi connectivity index (χ4v) is 2.60. The molecule has 0 bridgehead atoms. The van der Waals surface area contributed by atoms with Crippen LogP contribution in [-0.4, -0.2) is 18.2 Å². The van der Waals surface area contributed by atoms with Crippen LogP contribution in [0.3, 0.4) is 0 Å². The second-order valence-electron chi connectivity index (χ2n) is 4.50. The smallest absolute Gasteiger partial charge is 0.213 e. The molecule has 7 heteroatoms. The molecule has 0 amide bonds. The summed E-state index contributed by atoms with van der Waals surface area (Å²) in [6.07, 6.45) is 1.77. The number of hydrogen-bond acceptors (Lipinski definition) is 4. The third-order valence-corrected chi connectivity index (χ3v) is 3.64. The molecule has 0 aliphatic heterocycles. The van der Waals surface area contributed by atoms with Crippen LogP contribution in [0.5, 0.6) is 0 Å². The van der Waals surface area contributed by atoms with Crippen molar-refractivity contribution in [2.24, 2.45) is 5.14 Å². The lowest BCUT2D eigenvalue weighted by molar-refractivity contribution is 0.597. The molecule has 0 spiro atoms. The summed E-state index contributed by atoms with van der Waals surface area (Å²) in [5, 5.41) is 12.5. The van der Waals surface area contributed by atoms with E-state index in [0.717, 1.165) is 17.9 Å². The molecule has 1 aromatic heterocycles. The highest BCUT2D eigenvalue weighted by molar-refractivity contribution is 7.88. The number of aryl methyl sites for hydroxylation is 1. The molecule has 0 saturated heterocycles. The van der Waals surface area contributed by atoms with Gasteiger partial charge in [-0.05, 0) is 30.7 Å². The normalized spacial score (nSPS) is 11.5. The summed E-state index contributed by atoms with van der Waals surface area (Å²) < 4.78 is 23.9. The fourth-order valence-electron chi connectivity index (χ4n) is 1.94. The molecular formula is C13H18N4O2S. The number of nitrogens with two attached hydrogens (primary N) is 1. The van der Waals surface area contributed by atoms with E-state index in [-0.39, 0.29) is 5.75 Å². The van der Waals surface area contributed by atoms with E-state index in [1.807, 2.05) is 29.8 Å². The maximum absolute atomic E-state index is 11.0. The largest absolute Gasteiger partial charge is 0.379 e. The van der Waals surface area contributed by atoms with Crippen LogP contribution in [0.15, 0.2) is 36.5 Å². The van der Waals surface area contributed by atoms with E-state index in [9.17, 15) is 8.42 Å². The zero-order chi connectivity index (χ0) is 14.6. The standard InChI is InChI=1S/C13H18N4O2S/c1-2-17-13(7-8-16-17)9-15-12-5-3-11(4-6-12)10-20(14,18)19/h3-8,15H,2,9-10H2,1H3,(H2,14,18,19). The Labute approximate surface area is 118 Å². The molecule has 1 aromatic carbocycles. The number of nitrogens with one attached hydrogen (secondary N) is 1. The van der Waals surface area contributed by atoms with Crippen molar-refractivity contribution in [2.75, 3.05) is 5.32 Å². The Morgan fingerprint density at radius 2 is 1.95 bits per heavy atom. The van der Waals surface area contributed by atoms with Crippen LogP contribution in [0.4, 0.5) is 5.69 Å². The third-order valence-electron chi connectivity index (χ3n) is 2.90. The van der Waals surface area contributed by atoms with Gasteiger partial charge in [-0.25, -0.2) is 13.6 Å². The summed E-state index contributed by atoms with van der Waals surface area (Å²) >= 11 is 0. The van der Waals surface area contributed by atoms with Crippen molar-refractivity contribution < 1.29 is 8.42 Å². The molecule has 0 saturated carbocycles. The van der Waals surface area contributed by atoms with Crippen LogP contribution < -0.4 is 10.5 Å². The van der Waals surface area contributed by atoms with Gasteiger partial charge in [0, 0.05) is 18.4 Å². The zero-order valence-corrected chi connectivity index (χ0v) is 12.1. The molecule has 108 valence electrons. The molecular weight excluding hydrogens is 276 g/mol. The fraction of sp³-hybridized carbons (Fsp3) is 0.308. The Kier molecular flexibility index (Phi) is 4.41. The summed E-state index contributed by atoms with van der Waals surface area (Å²) in [5.41, 5.74) is 2.70. The average Bonchev–Trinajstić information content (AvgIpc) is 2.83. The summed E-state index contributed by atoms with van der Waals surface area (Å²) in [6.45, 7) is 3.54. The highest BCUT2D eigenvalue weighted by atomic mass is 32.2. The third kappa shape index (κ3) is 4.07. The molecule has 0 aliphatic rings. The number of anilines is 1. The molecule has 0 atom stereocenters. The minimum absolute atomic E-state index is 0.143. The van der Waals surface area contributed by atoms with Crippen molar-refractivity contribution in [2.45, 2.75) is 25.8 Å². The quantitative estimate of drug-likeness (QED) is 0.840. The minimum atomic E-state index is -3.48. The van der Waals surface area contributed by atoms with Gasteiger partial charge in [0.05, 0.1) is 18.0 Å². The van der Waals surface area contributed by atoms with Gasteiger partial charge < -0.3 is 5.32 Å². The van der Waals surface area contributed by atoms with Gasteiger partial charge in [0.2, 0.25) is 10.0 Å². The summed E-state index contributed by atoms with van der Waals surface area (Å²) in [5.74, 6) is -0.143. The number of aromatic nitrogens is 2. The van der Waals surface area contributed by atoms with E-state index in [4.69, 9.17) is 5.14 Å². The molecule has 20 heavy (non-hydrogen) atoms. The van der Waals surface area contributed by atoms with E-state index >= 15 is 0 Å². The lowest BCUT2D eigenvalue weighted by Crippen LogP contribution is -2.14.